The first-order valence-electron chi connectivity index (χ1n) is 12.1. The Morgan fingerprint density at radius 2 is 2.09 bits per heavy atom. The second kappa shape index (κ2) is 9.87. The van der Waals surface area contributed by atoms with Crippen LogP contribution in [0.3, 0.4) is 0 Å². The standard InChI is InChI=1S/C30H32O3/c1-4-5-10-27(31)22-11-13-25-23(17-22)18-24-16-21(12-14-28(32)20-8-6-7-9-20)26(15-19(2)3)30(33)29(24)25/h1,6-8,16,22,26H,2,5,9-15,17-18H2,3H3. The van der Waals surface area contributed by atoms with Gasteiger partial charge in [0, 0.05) is 36.7 Å². The lowest BCUT2D eigenvalue weighted by Crippen LogP contribution is -2.25. The molecule has 33 heavy (non-hydrogen) atoms. The summed E-state index contributed by atoms with van der Waals surface area (Å²) in [4.78, 5) is 38.8. The van der Waals surface area contributed by atoms with E-state index in [9.17, 15) is 14.4 Å². The smallest absolute Gasteiger partial charge is 0.170 e. The van der Waals surface area contributed by atoms with Crippen LogP contribution in [0.15, 0.2) is 69.9 Å². The third kappa shape index (κ3) is 4.86. The number of carbonyl (C=O) groups is 3. The van der Waals surface area contributed by atoms with Gasteiger partial charge < -0.3 is 0 Å². The van der Waals surface area contributed by atoms with Crippen LogP contribution >= 0.6 is 0 Å². The first-order valence-corrected chi connectivity index (χ1v) is 12.1. The molecule has 0 aromatic rings. The van der Waals surface area contributed by atoms with Gasteiger partial charge in [-0.15, -0.1) is 18.9 Å². The molecule has 4 rings (SSSR count). The first kappa shape index (κ1) is 23.2. The molecule has 0 aromatic carbocycles. The van der Waals surface area contributed by atoms with Gasteiger partial charge in [-0.2, -0.15) is 0 Å². The van der Waals surface area contributed by atoms with Crippen molar-refractivity contribution in [3.8, 4) is 12.3 Å². The minimum absolute atomic E-state index is 0.0224. The summed E-state index contributed by atoms with van der Waals surface area (Å²) < 4.78 is 0. The number of hydrogen-bond acceptors (Lipinski definition) is 3. The molecule has 0 saturated heterocycles. The Kier molecular flexibility index (Phi) is 6.94. The number of allylic oxidation sites excluding steroid dienone is 11. The Morgan fingerprint density at radius 3 is 2.79 bits per heavy atom. The van der Waals surface area contributed by atoms with Crippen molar-refractivity contribution in [3.05, 3.63) is 69.9 Å². The molecule has 3 heteroatoms. The van der Waals surface area contributed by atoms with Gasteiger partial charge in [-0.3, -0.25) is 14.4 Å². The summed E-state index contributed by atoms with van der Waals surface area (Å²) in [5, 5.41) is 0. The van der Waals surface area contributed by atoms with Gasteiger partial charge in [0.05, 0.1) is 0 Å². The highest BCUT2D eigenvalue weighted by atomic mass is 16.1. The highest BCUT2D eigenvalue weighted by Crippen LogP contribution is 2.48. The third-order valence-corrected chi connectivity index (χ3v) is 7.35. The van der Waals surface area contributed by atoms with E-state index in [4.69, 9.17) is 6.42 Å². The minimum Gasteiger partial charge on any atom is -0.299 e. The molecule has 0 fully saturated rings. The monoisotopic (exact) mass is 440 g/mol. The van der Waals surface area contributed by atoms with E-state index in [2.05, 4.69) is 18.6 Å². The molecule has 0 N–H and O–H groups in total. The predicted octanol–water partition coefficient (Wildman–Crippen LogP) is 6.09. The van der Waals surface area contributed by atoms with Crippen molar-refractivity contribution in [3.63, 3.8) is 0 Å². The highest BCUT2D eigenvalue weighted by Gasteiger charge is 2.39. The van der Waals surface area contributed by atoms with E-state index in [0.29, 0.717) is 38.5 Å². The average Bonchev–Trinajstić information content (AvgIpc) is 3.45. The maximum atomic E-state index is 13.7. The zero-order valence-corrected chi connectivity index (χ0v) is 19.5. The van der Waals surface area contributed by atoms with Crippen molar-refractivity contribution in [1.29, 1.82) is 0 Å². The fourth-order valence-corrected chi connectivity index (χ4v) is 5.67. The molecule has 170 valence electrons. The summed E-state index contributed by atoms with van der Waals surface area (Å²) in [6.07, 6.45) is 19.7. The maximum absolute atomic E-state index is 13.7. The van der Waals surface area contributed by atoms with E-state index >= 15 is 0 Å². The quantitative estimate of drug-likeness (QED) is 0.322. The zero-order chi connectivity index (χ0) is 23.5. The van der Waals surface area contributed by atoms with Gasteiger partial charge in [0.25, 0.3) is 0 Å². The molecule has 0 saturated carbocycles. The molecule has 2 unspecified atom stereocenters. The average molecular weight is 441 g/mol. The molecule has 0 spiro atoms. The van der Waals surface area contributed by atoms with Crippen LogP contribution in [0, 0.1) is 24.2 Å². The van der Waals surface area contributed by atoms with E-state index in [1.165, 1.54) is 11.1 Å². The SMILES string of the molecule is C#CCCC(=O)C1CCC2=C(CC3=C2C(=O)C(CC(=C)C)C(CCC(=O)C2=CC=CC2)=C3)C1. The molecule has 3 nitrogen and oxygen atoms in total. The van der Waals surface area contributed by atoms with Gasteiger partial charge >= 0.3 is 0 Å². The van der Waals surface area contributed by atoms with Gasteiger partial charge in [-0.1, -0.05) is 41.0 Å². The summed E-state index contributed by atoms with van der Waals surface area (Å²) in [5.74, 6) is 2.95. The number of hydrogen-bond donors (Lipinski definition) is 0. The van der Waals surface area contributed by atoms with Crippen LogP contribution in [0.5, 0.6) is 0 Å². The van der Waals surface area contributed by atoms with Crippen molar-refractivity contribution in [2.75, 3.05) is 0 Å². The van der Waals surface area contributed by atoms with Gasteiger partial charge in [-0.25, -0.2) is 0 Å². The Labute approximate surface area is 197 Å². The topological polar surface area (TPSA) is 51.2 Å². The zero-order valence-electron chi connectivity index (χ0n) is 19.5. The van der Waals surface area contributed by atoms with Crippen LogP contribution < -0.4 is 0 Å². The normalized spacial score (nSPS) is 23.7. The predicted molar refractivity (Wildman–Crippen MR) is 131 cm³/mol. The summed E-state index contributed by atoms with van der Waals surface area (Å²) in [6, 6.07) is 0. The van der Waals surface area contributed by atoms with Crippen molar-refractivity contribution < 1.29 is 14.4 Å². The molecule has 0 aromatic heterocycles. The third-order valence-electron chi connectivity index (χ3n) is 7.35. The largest absolute Gasteiger partial charge is 0.299 e. The number of Topliss-reactive ketones (excluding diaryl/α,β-unsaturated/α-hetero) is 3. The molecule has 4 aliphatic rings. The van der Waals surface area contributed by atoms with Crippen molar-refractivity contribution in [1.82, 2.24) is 0 Å². The van der Waals surface area contributed by atoms with Gasteiger partial charge in [0.1, 0.15) is 5.78 Å². The second-order valence-electron chi connectivity index (χ2n) is 9.81. The lowest BCUT2D eigenvalue weighted by atomic mass is 9.75. The Morgan fingerprint density at radius 1 is 1.27 bits per heavy atom. The highest BCUT2D eigenvalue weighted by molar-refractivity contribution is 6.07. The Balaban J connectivity index is 1.52. The fourth-order valence-electron chi connectivity index (χ4n) is 5.67. The van der Waals surface area contributed by atoms with Gasteiger partial charge in [0.2, 0.25) is 0 Å². The second-order valence-corrected chi connectivity index (χ2v) is 9.81. The molecule has 2 atom stereocenters. The molecule has 0 aliphatic heterocycles. The Bertz CT molecular complexity index is 1110. The minimum atomic E-state index is -0.230. The summed E-state index contributed by atoms with van der Waals surface area (Å²) in [6.45, 7) is 6.01. The van der Waals surface area contributed by atoms with Crippen molar-refractivity contribution in [2.45, 2.75) is 71.1 Å². The number of terminal acetylenes is 1. The fraction of sp³-hybridized carbons (Fsp3) is 0.433. The number of rotatable bonds is 9. The summed E-state index contributed by atoms with van der Waals surface area (Å²) in [7, 11) is 0. The van der Waals surface area contributed by atoms with Crippen LogP contribution in [0.4, 0.5) is 0 Å². The van der Waals surface area contributed by atoms with E-state index in [1.807, 2.05) is 25.2 Å². The van der Waals surface area contributed by atoms with Crippen molar-refractivity contribution in [2.24, 2.45) is 11.8 Å². The van der Waals surface area contributed by atoms with E-state index in [-0.39, 0.29) is 29.2 Å². The molecule has 0 heterocycles. The Hall–Kier alpha value is -2.99. The molecule has 0 amide bonds. The maximum Gasteiger partial charge on any atom is 0.170 e. The van der Waals surface area contributed by atoms with Crippen LogP contribution in [0.25, 0.3) is 0 Å². The first-order chi connectivity index (χ1) is 15.9. The van der Waals surface area contributed by atoms with Crippen LogP contribution in [0.1, 0.15) is 71.1 Å². The molecular formula is C30H32O3. The summed E-state index contributed by atoms with van der Waals surface area (Å²) >= 11 is 0. The lowest BCUT2D eigenvalue weighted by Gasteiger charge is -2.27. The van der Waals surface area contributed by atoms with Gasteiger partial charge in [0.15, 0.2) is 11.6 Å². The molecule has 0 radical (unpaired) electrons. The van der Waals surface area contributed by atoms with E-state index in [1.54, 1.807) is 0 Å². The summed E-state index contributed by atoms with van der Waals surface area (Å²) in [5.41, 5.74) is 7.30. The lowest BCUT2D eigenvalue weighted by molar-refractivity contribution is -0.123. The van der Waals surface area contributed by atoms with Crippen molar-refractivity contribution >= 4 is 17.3 Å². The van der Waals surface area contributed by atoms with E-state index in [0.717, 1.165) is 53.5 Å². The van der Waals surface area contributed by atoms with Crippen LogP contribution in [-0.4, -0.2) is 17.3 Å². The van der Waals surface area contributed by atoms with Gasteiger partial charge in [-0.05, 0) is 68.6 Å². The molecular weight excluding hydrogens is 408 g/mol. The molecule has 4 aliphatic carbocycles. The number of ketones is 3. The number of fused-ring (bicyclic) bond motifs is 1. The van der Waals surface area contributed by atoms with Crippen LogP contribution in [-0.2, 0) is 14.4 Å². The number of carbonyl (C=O) groups excluding carboxylic acids is 3. The van der Waals surface area contributed by atoms with Crippen LogP contribution in [0.2, 0.25) is 0 Å². The molecule has 0 bridgehead atoms. The van der Waals surface area contributed by atoms with E-state index < -0.39 is 0 Å².